The van der Waals surface area contributed by atoms with Crippen molar-refractivity contribution >= 4 is 12.0 Å². The van der Waals surface area contributed by atoms with E-state index in [1.54, 1.807) is 11.0 Å². The molecule has 2 aliphatic heterocycles. The molecule has 0 aromatic carbocycles. The number of hydrogen-bond donors (Lipinski definition) is 0. The first-order chi connectivity index (χ1) is 9.23. The minimum absolute atomic E-state index is 0.0574. The maximum atomic E-state index is 12.0. The van der Waals surface area contributed by atoms with Crippen LogP contribution in [0.5, 0.6) is 0 Å². The third-order valence-electron chi connectivity index (χ3n) is 4.15. The molecule has 1 saturated heterocycles. The highest BCUT2D eigenvalue weighted by molar-refractivity contribution is 5.89. The lowest BCUT2D eigenvalue weighted by Crippen LogP contribution is -2.57. The van der Waals surface area contributed by atoms with Crippen LogP contribution in [-0.4, -0.2) is 53.1 Å². The molecular formula is C15H24N2O3. The molecule has 1 fully saturated rings. The molecule has 5 nitrogen and oxygen atoms in total. The average molecular weight is 280 g/mol. The van der Waals surface area contributed by atoms with Gasteiger partial charge in [0.2, 0.25) is 5.91 Å². The zero-order valence-electron chi connectivity index (χ0n) is 12.8. The van der Waals surface area contributed by atoms with Crippen molar-refractivity contribution < 1.29 is 14.3 Å². The highest BCUT2D eigenvalue weighted by Crippen LogP contribution is 2.34. The Morgan fingerprint density at radius 2 is 1.90 bits per heavy atom. The highest BCUT2D eigenvalue weighted by Gasteiger charge is 2.42. The number of carbonyl (C=O) groups excluding carboxylic acids is 2. The Bertz CT molecular complexity index is 429. The number of nitrogens with zero attached hydrogens (tertiary/aromatic N) is 2. The van der Waals surface area contributed by atoms with Crippen molar-refractivity contribution in [2.45, 2.75) is 51.2 Å². The Labute approximate surface area is 120 Å². The summed E-state index contributed by atoms with van der Waals surface area (Å²) in [6, 6.07) is 0. The smallest absolute Gasteiger partial charge is 0.410 e. The lowest BCUT2D eigenvalue weighted by atomic mass is 9.81. The number of rotatable bonds is 0. The molecule has 112 valence electrons. The molecule has 2 rings (SSSR count). The highest BCUT2D eigenvalue weighted by atomic mass is 16.6. The van der Waals surface area contributed by atoms with Crippen LogP contribution in [0.1, 0.15) is 40.0 Å². The van der Waals surface area contributed by atoms with Crippen LogP contribution in [0.2, 0.25) is 0 Å². The molecule has 0 aromatic rings. The van der Waals surface area contributed by atoms with Crippen molar-refractivity contribution in [2.75, 3.05) is 20.1 Å². The van der Waals surface area contributed by atoms with Crippen molar-refractivity contribution in [3.63, 3.8) is 0 Å². The quantitative estimate of drug-likeness (QED) is 0.683. The standard InChI is InChI=1S/C15H24N2O3/c1-14(2,3)20-13(19)17-10-8-15(9-11-17)7-5-6-12(18)16(15)4/h5-6H,7-11H2,1-4H3. The van der Waals surface area contributed by atoms with Crippen molar-refractivity contribution in [3.05, 3.63) is 12.2 Å². The van der Waals surface area contributed by atoms with Crippen LogP contribution < -0.4 is 0 Å². The molecule has 0 atom stereocenters. The van der Waals surface area contributed by atoms with E-state index >= 15 is 0 Å². The molecule has 1 spiro atoms. The number of ether oxygens (including phenoxy) is 1. The molecular weight excluding hydrogens is 256 g/mol. The van der Waals surface area contributed by atoms with Gasteiger partial charge in [0, 0.05) is 25.7 Å². The molecule has 0 N–H and O–H groups in total. The fourth-order valence-corrected chi connectivity index (χ4v) is 2.83. The van der Waals surface area contributed by atoms with Gasteiger partial charge < -0.3 is 14.5 Å². The van der Waals surface area contributed by atoms with E-state index in [9.17, 15) is 9.59 Å². The van der Waals surface area contributed by atoms with Gasteiger partial charge in [-0.25, -0.2) is 4.79 Å². The van der Waals surface area contributed by atoms with E-state index in [1.165, 1.54) is 0 Å². The minimum Gasteiger partial charge on any atom is -0.444 e. The van der Waals surface area contributed by atoms with E-state index in [0.717, 1.165) is 19.3 Å². The minimum atomic E-state index is -0.466. The molecule has 0 unspecified atom stereocenters. The van der Waals surface area contributed by atoms with Crippen molar-refractivity contribution in [2.24, 2.45) is 0 Å². The van der Waals surface area contributed by atoms with Gasteiger partial charge in [0.05, 0.1) is 0 Å². The fourth-order valence-electron chi connectivity index (χ4n) is 2.83. The Morgan fingerprint density at radius 3 is 2.45 bits per heavy atom. The van der Waals surface area contributed by atoms with E-state index in [-0.39, 0.29) is 17.5 Å². The largest absolute Gasteiger partial charge is 0.444 e. The molecule has 20 heavy (non-hydrogen) atoms. The number of piperidine rings is 1. The van der Waals surface area contributed by atoms with E-state index < -0.39 is 5.60 Å². The lowest BCUT2D eigenvalue weighted by Gasteiger charge is -2.48. The summed E-state index contributed by atoms with van der Waals surface area (Å²) in [5.74, 6) is 0.0574. The Kier molecular flexibility index (Phi) is 3.80. The van der Waals surface area contributed by atoms with Crippen LogP contribution in [0.3, 0.4) is 0 Å². The van der Waals surface area contributed by atoms with Gasteiger partial charge in [-0.15, -0.1) is 0 Å². The van der Waals surface area contributed by atoms with Gasteiger partial charge in [-0.3, -0.25) is 4.79 Å². The summed E-state index contributed by atoms with van der Waals surface area (Å²) in [7, 11) is 1.86. The van der Waals surface area contributed by atoms with Crippen LogP contribution in [0.15, 0.2) is 12.2 Å². The van der Waals surface area contributed by atoms with E-state index in [2.05, 4.69) is 0 Å². The summed E-state index contributed by atoms with van der Waals surface area (Å²) < 4.78 is 5.39. The Hall–Kier alpha value is -1.52. The number of likely N-dealkylation sites (N-methyl/N-ethyl adjacent to an activating group) is 1. The Balaban J connectivity index is 1.97. The lowest BCUT2D eigenvalue weighted by molar-refractivity contribution is -0.133. The molecule has 0 aromatic heterocycles. The van der Waals surface area contributed by atoms with Gasteiger partial charge in [0.15, 0.2) is 0 Å². The van der Waals surface area contributed by atoms with Gasteiger partial charge in [0.25, 0.3) is 0 Å². The third kappa shape index (κ3) is 2.97. The zero-order valence-corrected chi connectivity index (χ0v) is 12.8. The normalized spacial score (nSPS) is 22.3. The van der Waals surface area contributed by atoms with Crippen LogP contribution in [0.25, 0.3) is 0 Å². The predicted molar refractivity (Wildman–Crippen MR) is 76.3 cm³/mol. The van der Waals surface area contributed by atoms with Gasteiger partial charge >= 0.3 is 6.09 Å². The van der Waals surface area contributed by atoms with Crippen molar-refractivity contribution in [1.29, 1.82) is 0 Å². The Morgan fingerprint density at radius 1 is 1.30 bits per heavy atom. The summed E-state index contributed by atoms with van der Waals surface area (Å²) in [6.07, 6.45) is 5.80. The second-order valence-electron chi connectivity index (χ2n) is 6.70. The first-order valence-electron chi connectivity index (χ1n) is 7.16. The molecule has 0 bridgehead atoms. The number of likely N-dealkylation sites (tertiary alicyclic amines) is 1. The first kappa shape index (κ1) is 14.9. The zero-order chi connectivity index (χ0) is 15.0. The molecule has 2 aliphatic rings. The first-order valence-corrected chi connectivity index (χ1v) is 7.16. The van der Waals surface area contributed by atoms with Crippen molar-refractivity contribution in [3.8, 4) is 0 Å². The van der Waals surface area contributed by atoms with Gasteiger partial charge in [0.1, 0.15) is 5.60 Å². The number of hydrogen-bond acceptors (Lipinski definition) is 3. The van der Waals surface area contributed by atoms with Crippen molar-refractivity contribution in [1.82, 2.24) is 9.80 Å². The van der Waals surface area contributed by atoms with E-state index in [1.807, 2.05) is 38.8 Å². The van der Waals surface area contributed by atoms with Crippen LogP contribution in [-0.2, 0) is 9.53 Å². The fraction of sp³-hybridized carbons (Fsp3) is 0.733. The molecule has 2 amide bonds. The summed E-state index contributed by atoms with van der Waals surface area (Å²) in [5.41, 5.74) is -0.586. The summed E-state index contributed by atoms with van der Waals surface area (Å²) in [4.78, 5) is 27.4. The van der Waals surface area contributed by atoms with Crippen LogP contribution in [0.4, 0.5) is 4.79 Å². The maximum Gasteiger partial charge on any atom is 0.410 e. The molecule has 0 radical (unpaired) electrons. The maximum absolute atomic E-state index is 12.0. The van der Waals surface area contributed by atoms with E-state index in [4.69, 9.17) is 4.74 Å². The van der Waals surface area contributed by atoms with Gasteiger partial charge in [-0.2, -0.15) is 0 Å². The second kappa shape index (κ2) is 5.11. The number of carbonyl (C=O) groups is 2. The molecule has 0 aliphatic carbocycles. The van der Waals surface area contributed by atoms with E-state index in [0.29, 0.717) is 13.1 Å². The molecule has 0 saturated carbocycles. The second-order valence-corrected chi connectivity index (χ2v) is 6.70. The van der Waals surface area contributed by atoms with Gasteiger partial charge in [-0.1, -0.05) is 6.08 Å². The summed E-state index contributed by atoms with van der Waals surface area (Å²) >= 11 is 0. The average Bonchev–Trinajstić information content (AvgIpc) is 2.35. The van der Waals surface area contributed by atoms with Crippen LogP contribution >= 0.6 is 0 Å². The topological polar surface area (TPSA) is 49.9 Å². The summed E-state index contributed by atoms with van der Waals surface area (Å²) in [5, 5.41) is 0. The van der Waals surface area contributed by atoms with Crippen LogP contribution in [0, 0.1) is 0 Å². The molecule has 2 heterocycles. The summed E-state index contributed by atoms with van der Waals surface area (Å²) in [6.45, 7) is 6.89. The number of amides is 2. The van der Waals surface area contributed by atoms with Gasteiger partial charge in [-0.05, 0) is 46.1 Å². The monoisotopic (exact) mass is 280 g/mol. The predicted octanol–water partition coefficient (Wildman–Crippen LogP) is 2.17. The molecule has 5 heteroatoms. The third-order valence-corrected chi connectivity index (χ3v) is 4.15. The SMILES string of the molecule is CN1C(=O)C=CCC12CCN(C(=O)OC(C)(C)C)CC2.